The van der Waals surface area contributed by atoms with Crippen molar-refractivity contribution in [3.05, 3.63) is 36.4 Å². The minimum atomic E-state index is -2.83. The van der Waals surface area contributed by atoms with Crippen LogP contribution in [0.4, 0.5) is 8.78 Å². The highest BCUT2D eigenvalue weighted by molar-refractivity contribution is 6.16. The van der Waals surface area contributed by atoms with Crippen LogP contribution < -0.4 is 4.74 Å². The van der Waals surface area contributed by atoms with Crippen LogP contribution in [0.2, 0.25) is 0 Å². The van der Waals surface area contributed by atoms with Gasteiger partial charge in [0, 0.05) is 5.56 Å². The van der Waals surface area contributed by atoms with E-state index < -0.39 is 6.61 Å². The lowest BCUT2D eigenvalue weighted by Crippen LogP contribution is -2.01. The molecule has 0 aliphatic heterocycles. The van der Waals surface area contributed by atoms with Crippen molar-refractivity contribution in [2.45, 2.75) is 12.5 Å². The van der Waals surface area contributed by atoms with Crippen molar-refractivity contribution >= 4 is 11.6 Å². The molecule has 6 heteroatoms. The number of hydrogen-bond donors (Lipinski definition) is 0. The number of alkyl halides is 3. The standard InChI is InChI=1S/C11H8ClF2NO2/c12-5-10-15-6-9(17-10)7-1-3-8(4-2-7)16-11(13)14/h1-4,6,11H,5H2. The van der Waals surface area contributed by atoms with Gasteiger partial charge in [0.25, 0.3) is 0 Å². The van der Waals surface area contributed by atoms with Crippen molar-refractivity contribution in [3.8, 4) is 17.1 Å². The Morgan fingerprint density at radius 1 is 1.29 bits per heavy atom. The molecule has 0 unspecified atom stereocenters. The normalized spacial score (nSPS) is 10.8. The van der Waals surface area contributed by atoms with E-state index in [9.17, 15) is 8.78 Å². The zero-order chi connectivity index (χ0) is 12.3. The molecule has 1 aromatic carbocycles. The summed E-state index contributed by atoms with van der Waals surface area (Å²) in [5, 5.41) is 0. The third-order valence-corrected chi connectivity index (χ3v) is 2.26. The zero-order valence-corrected chi connectivity index (χ0v) is 9.32. The Morgan fingerprint density at radius 2 is 2.00 bits per heavy atom. The first-order valence-corrected chi connectivity index (χ1v) is 5.28. The summed E-state index contributed by atoms with van der Waals surface area (Å²) in [5.41, 5.74) is 0.718. The third-order valence-electron chi connectivity index (χ3n) is 2.03. The summed E-state index contributed by atoms with van der Waals surface area (Å²) in [7, 11) is 0. The number of halogens is 3. The Bertz CT molecular complexity index is 484. The van der Waals surface area contributed by atoms with Crippen LogP contribution in [0.25, 0.3) is 11.3 Å². The smallest absolute Gasteiger partial charge is 0.387 e. The summed E-state index contributed by atoms with van der Waals surface area (Å²) in [6.45, 7) is -2.83. The van der Waals surface area contributed by atoms with Crippen LogP contribution in [0.3, 0.4) is 0 Å². The first-order chi connectivity index (χ1) is 8.19. The molecule has 90 valence electrons. The molecule has 0 saturated heterocycles. The molecule has 0 spiro atoms. The lowest BCUT2D eigenvalue weighted by Gasteiger charge is -2.04. The topological polar surface area (TPSA) is 35.3 Å². The Kier molecular flexibility index (Phi) is 3.58. The average molecular weight is 260 g/mol. The molecule has 0 fully saturated rings. The van der Waals surface area contributed by atoms with Gasteiger partial charge >= 0.3 is 6.61 Å². The van der Waals surface area contributed by atoms with Crippen LogP contribution in [0.1, 0.15) is 5.89 Å². The molecular formula is C11H8ClF2NO2. The van der Waals surface area contributed by atoms with Crippen molar-refractivity contribution in [1.29, 1.82) is 0 Å². The Balaban J connectivity index is 2.17. The molecule has 3 nitrogen and oxygen atoms in total. The summed E-state index contributed by atoms with van der Waals surface area (Å²) in [5.74, 6) is 1.23. The lowest BCUT2D eigenvalue weighted by molar-refractivity contribution is -0.0498. The molecule has 17 heavy (non-hydrogen) atoms. The number of aromatic nitrogens is 1. The minimum absolute atomic E-state index is 0.0980. The van der Waals surface area contributed by atoms with Crippen molar-refractivity contribution in [2.24, 2.45) is 0 Å². The maximum Gasteiger partial charge on any atom is 0.387 e. The second-order valence-electron chi connectivity index (χ2n) is 3.15. The monoisotopic (exact) mass is 259 g/mol. The summed E-state index contributed by atoms with van der Waals surface area (Å²) >= 11 is 5.55. The molecule has 0 radical (unpaired) electrons. The molecule has 0 aliphatic carbocycles. The zero-order valence-electron chi connectivity index (χ0n) is 8.57. The minimum Gasteiger partial charge on any atom is -0.439 e. The number of hydrogen-bond acceptors (Lipinski definition) is 3. The van der Waals surface area contributed by atoms with Crippen LogP contribution in [0.5, 0.6) is 5.75 Å². The molecule has 0 bridgehead atoms. The van der Waals surface area contributed by atoms with Gasteiger partial charge in [-0.25, -0.2) is 4.98 Å². The van der Waals surface area contributed by atoms with Crippen LogP contribution in [-0.2, 0) is 5.88 Å². The van der Waals surface area contributed by atoms with Crippen LogP contribution >= 0.6 is 11.6 Å². The number of ether oxygens (including phenoxy) is 1. The fourth-order valence-electron chi connectivity index (χ4n) is 1.31. The summed E-state index contributed by atoms with van der Waals surface area (Å²) < 4.78 is 33.4. The number of benzene rings is 1. The van der Waals surface area contributed by atoms with Gasteiger partial charge in [0.15, 0.2) is 5.76 Å². The van der Waals surface area contributed by atoms with Gasteiger partial charge in [0.1, 0.15) is 5.75 Å². The predicted molar refractivity (Wildman–Crippen MR) is 58.1 cm³/mol. The molecule has 0 amide bonds. The molecule has 1 heterocycles. The van der Waals surface area contributed by atoms with E-state index in [1.165, 1.54) is 18.3 Å². The van der Waals surface area contributed by atoms with E-state index in [1.807, 2.05) is 0 Å². The largest absolute Gasteiger partial charge is 0.439 e. The lowest BCUT2D eigenvalue weighted by atomic mass is 10.2. The summed E-state index contributed by atoms with van der Waals surface area (Å²) in [6.07, 6.45) is 1.53. The van der Waals surface area contributed by atoms with Crippen LogP contribution in [0, 0.1) is 0 Å². The van der Waals surface area contributed by atoms with Gasteiger partial charge < -0.3 is 9.15 Å². The van der Waals surface area contributed by atoms with Crippen molar-refractivity contribution in [3.63, 3.8) is 0 Å². The van der Waals surface area contributed by atoms with Crippen LogP contribution in [0.15, 0.2) is 34.9 Å². The second-order valence-corrected chi connectivity index (χ2v) is 3.42. The Morgan fingerprint density at radius 3 is 2.53 bits per heavy atom. The van der Waals surface area contributed by atoms with E-state index in [-0.39, 0.29) is 11.6 Å². The number of nitrogens with zero attached hydrogens (tertiary/aromatic N) is 1. The third kappa shape index (κ3) is 2.94. The number of rotatable bonds is 4. The second kappa shape index (κ2) is 5.14. The van der Waals surface area contributed by atoms with Gasteiger partial charge in [-0.1, -0.05) is 0 Å². The highest BCUT2D eigenvalue weighted by Crippen LogP contribution is 2.24. The van der Waals surface area contributed by atoms with Gasteiger partial charge in [0.2, 0.25) is 5.89 Å². The van der Waals surface area contributed by atoms with Crippen molar-refractivity contribution in [1.82, 2.24) is 4.98 Å². The van der Waals surface area contributed by atoms with E-state index >= 15 is 0 Å². The fraction of sp³-hybridized carbons (Fsp3) is 0.182. The number of oxazole rings is 1. The van der Waals surface area contributed by atoms with Crippen molar-refractivity contribution < 1.29 is 17.9 Å². The van der Waals surface area contributed by atoms with E-state index in [0.717, 1.165) is 5.56 Å². The van der Waals surface area contributed by atoms with Gasteiger partial charge in [-0.15, -0.1) is 11.6 Å². The maximum atomic E-state index is 11.9. The highest BCUT2D eigenvalue weighted by Gasteiger charge is 2.07. The van der Waals surface area contributed by atoms with Gasteiger partial charge in [-0.3, -0.25) is 0 Å². The van der Waals surface area contributed by atoms with Crippen molar-refractivity contribution in [2.75, 3.05) is 0 Å². The van der Waals surface area contributed by atoms with Crippen LogP contribution in [-0.4, -0.2) is 11.6 Å². The first kappa shape index (κ1) is 11.9. The molecule has 2 rings (SSSR count). The van der Waals surface area contributed by atoms with Gasteiger partial charge in [0.05, 0.1) is 12.1 Å². The SMILES string of the molecule is FC(F)Oc1ccc(-c2cnc(CCl)o2)cc1. The molecule has 0 N–H and O–H groups in total. The van der Waals surface area contributed by atoms with E-state index in [4.69, 9.17) is 16.0 Å². The molecular weight excluding hydrogens is 252 g/mol. The quantitative estimate of drug-likeness (QED) is 0.786. The summed E-state index contributed by atoms with van der Waals surface area (Å²) in [6, 6.07) is 6.08. The fourth-order valence-corrected chi connectivity index (χ4v) is 1.43. The molecule has 1 aromatic heterocycles. The molecule has 2 aromatic rings. The molecule has 0 atom stereocenters. The van der Waals surface area contributed by atoms with E-state index in [1.54, 1.807) is 12.1 Å². The van der Waals surface area contributed by atoms with Gasteiger partial charge in [-0.05, 0) is 24.3 Å². The van der Waals surface area contributed by atoms with E-state index in [0.29, 0.717) is 11.7 Å². The highest BCUT2D eigenvalue weighted by atomic mass is 35.5. The first-order valence-electron chi connectivity index (χ1n) is 4.75. The maximum absolute atomic E-state index is 11.9. The Hall–Kier alpha value is -1.62. The van der Waals surface area contributed by atoms with Gasteiger partial charge in [-0.2, -0.15) is 8.78 Å². The molecule has 0 saturated carbocycles. The summed E-state index contributed by atoms with van der Waals surface area (Å²) in [4.78, 5) is 3.93. The average Bonchev–Trinajstić information content (AvgIpc) is 2.78. The Labute approximate surface area is 101 Å². The van der Waals surface area contributed by atoms with E-state index in [2.05, 4.69) is 9.72 Å². The predicted octanol–water partition coefficient (Wildman–Crippen LogP) is 3.68. The molecule has 0 aliphatic rings.